The molecule has 3 aliphatic heterocycles. The molecule has 2 unspecified atom stereocenters. The minimum atomic E-state index is 0.357. The zero-order valence-corrected chi connectivity index (χ0v) is 12.0. The van der Waals surface area contributed by atoms with Crippen molar-refractivity contribution in [3.63, 3.8) is 0 Å². The van der Waals surface area contributed by atoms with Gasteiger partial charge in [0.25, 0.3) is 0 Å². The van der Waals surface area contributed by atoms with Gasteiger partial charge in [0.05, 0.1) is 0 Å². The van der Waals surface area contributed by atoms with Crippen molar-refractivity contribution in [1.82, 2.24) is 9.80 Å². The van der Waals surface area contributed by atoms with Crippen molar-refractivity contribution >= 4 is 0 Å². The maximum absolute atomic E-state index is 5.48. The molecule has 20 heavy (non-hydrogen) atoms. The maximum atomic E-state index is 5.48. The molecular formula is C16H22N2O2. The van der Waals surface area contributed by atoms with E-state index in [-0.39, 0.29) is 0 Å². The van der Waals surface area contributed by atoms with Gasteiger partial charge in [0.1, 0.15) is 0 Å². The van der Waals surface area contributed by atoms with Gasteiger partial charge in [-0.25, -0.2) is 0 Å². The largest absolute Gasteiger partial charge is 0.454 e. The molecule has 2 fully saturated rings. The molecule has 0 bridgehead atoms. The highest BCUT2D eigenvalue weighted by atomic mass is 16.7. The molecule has 0 spiro atoms. The Morgan fingerprint density at radius 3 is 3.00 bits per heavy atom. The first-order valence-corrected chi connectivity index (χ1v) is 7.68. The third kappa shape index (κ3) is 2.07. The Labute approximate surface area is 120 Å². The molecule has 3 aliphatic rings. The second-order valence-electron chi connectivity index (χ2n) is 6.14. The molecule has 0 saturated carbocycles. The van der Waals surface area contributed by atoms with E-state index in [1.54, 1.807) is 0 Å². The highest BCUT2D eigenvalue weighted by Crippen LogP contribution is 2.34. The Hall–Kier alpha value is -1.26. The fraction of sp³-hybridized carbons (Fsp3) is 0.625. The standard InChI is InChI=1S/C16H22N2O2/c1-12-14-3-2-6-17(14)7-8-18(12)10-13-4-5-15-16(9-13)20-11-19-15/h4-5,9,12,14H,2-3,6-8,10-11H2,1H3. The van der Waals surface area contributed by atoms with Crippen LogP contribution in [0, 0.1) is 0 Å². The van der Waals surface area contributed by atoms with Crippen LogP contribution in [0.3, 0.4) is 0 Å². The van der Waals surface area contributed by atoms with Crippen LogP contribution in [0.25, 0.3) is 0 Å². The van der Waals surface area contributed by atoms with Gasteiger partial charge in [-0.3, -0.25) is 9.80 Å². The zero-order chi connectivity index (χ0) is 13.5. The average molecular weight is 274 g/mol. The van der Waals surface area contributed by atoms with Crippen molar-refractivity contribution in [2.24, 2.45) is 0 Å². The number of benzene rings is 1. The van der Waals surface area contributed by atoms with Crippen molar-refractivity contribution in [1.29, 1.82) is 0 Å². The molecule has 2 atom stereocenters. The molecule has 0 N–H and O–H groups in total. The van der Waals surface area contributed by atoms with Crippen LogP contribution in [-0.4, -0.2) is 48.3 Å². The predicted molar refractivity (Wildman–Crippen MR) is 77.0 cm³/mol. The van der Waals surface area contributed by atoms with Crippen molar-refractivity contribution in [3.05, 3.63) is 23.8 Å². The quantitative estimate of drug-likeness (QED) is 0.824. The summed E-state index contributed by atoms with van der Waals surface area (Å²) in [6.07, 6.45) is 2.73. The summed E-state index contributed by atoms with van der Waals surface area (Å²) in [7, 11) is 0. The van der Waals surface area contributed by atoms with Gasteiger partial charge in [-0.2, -0.15) is 0 Å². The summed E-state index contributed by atoms with van der Waals surface area (Å²) in [6, 6.07) is 7.75. The van der Waals surface area contributed by atoms with E-state index in [1.807, 2.05) is 6.07 Å². The summed E-state index contributed by atoms with van der Waals surface area (Å²) in [6.45, 7) is 7.45. The van der Waals surface area contributed by atoms with E-state index in [0.717, 1.165) is 24.1 Å². The lowest BCUT2D eigenvalue weighted by Gasteiger charge is -2.43. The monoisotopic (exact) mass is 274 g/mol. The molecule has 4 rings (SSSR count). The predicted octanol–water partition coefficient (Wildman–Crippen LogP) is 2.08. The minimum Gasteiger partial charge on any atom is -0.454 e. The Kier molecular flexibility index (Phi) is 3.08. The van der Waals surface area contributed by atoms with Gasteiger partial charge in [0.2, 0.25) is 6.79 Å². The number of piperazine rings is 1. The maximum Gasteiger partial charge on any atom is 0.231 e. The highest BCUT2D eigenvalue weighted by molar-refractivity contribution is 5.44. The molecule has 3 heterocycles. The van der Waals surface area contributed by atoms with Gasteiger partial charge in [-0.05, 0) is 44.0 Å². The Balaban J connectivity index is 1.48. The van der Waals surface area contributed by atoms with Crippen LogP contribution in [0.4, 0.5) is 0 Å². The Bertz CT molecular complexity index is 505. The van der Waals surface area contributed by atoms with Crippen molar-refractivity contribution < 1.29 is 9.47 Å². The van der Waals surface area contributed by atoms with E-state index in [9.17, 15) is 0 Å². The minimum absolute atomic E-state index is 0.357. The average Bonchev–Trinajstić information content (AvgIpc) is 3.10. The molecule has 2 saturated heterocycles. The third-order valence-electron chi connectivity index (χ3n) is 5.04. The molecule has 0 radical (unpaired) electrons. The summed E-state index contributed by atoms with van der Waals surface area (Å²) in [5.74, 6) is 1.78. The van der Waals surface area contributed by atoms with Gasteiger partial charge in [0.15, 0.2) is 11.5 Å². The van der Waals surface area contributed by atoms with Gasteiger partial charge in [-0.1, -0.05) is 6.07 Å². The molecule has 0 aliphatic carbocycles. The van der Waals surface area contributed by atoms with Crippen molar-refractivity contribution in [3.8, 4) is 11.5 Å². The fourth-order valence-electron chi connectivity index (χ4n) is 3.88. The van der Waals surface area contributed by atoms with Crippen LogP contribution in [0.15, 0.2) is 18.2 Å². The smallest absolute Gasteiger partial charge is 0.231 e. The summed E-state index contributed by atoms with van der Waals surface area (Å²) in [4.78, 5) is 5.28. The van der Waals surface area contributed by atoms with Crippen molar-refractivity contribution in [2.75, 3.05) is 26.4 Å². The molecule has 0 aromatic heterocycles. The molecule has 0 amide bonds. The second kappa shape index (κ2) is 4.93. The molecule has 108 valence electrons. The third-order valence-corrected chi connectivity index (χ3v) is 5.04. The van der Waals surface area contributed by atoms with Crippen LogP contribution >= 0.6 is 0 Å². The van der Waals surface area contributed by atoms with E-state index in [4.69, 9.17) is 9.47 Å². The van der Waals surface area contributed by atoms with E-state index in [1.165, 1.54) is 38.0 Å². The van der Waals surface area contributed by atoms with Gasteiger partial charge in [0, 0.05) is 31.7 Å². The SMILES string of the molecule is CC1C2CCCN2CCN1Cc1ccc2c(c1)OCO2. The normalized spacial score (nSPS) is 29.6. The number of ether oxygens (including phenoxy) is 2. The van der Waals surface area contributed by atoms with E-state index < -0.39 is 0 Å². The van der Waals surface area contributed by atoms with Crippen molar-refractivity contribution in [2.45, 2.75) is 38.4 Å². The first-order chi connectivity index (χ1) is 9.81. The lowest BCUT2D eigenvalue weighted by Crippen LogP contribution is -2.55. The highest BCUT2D eigenvalue weighted by Gasteiger charge is 2.36. The summed E-state index contributed by atoms with van der Waals surface area (Å²) >= 11 is 0. The zero-order valence-electron chi connectivity index (χ0n) is 12.0. The Morgan fingerprint density at radius 2 is 2.05 bits per heavy atom. The van der Waals surface area contributed by atoms with Crippen LogP contribution < -0.4 is 9.47 Å². The summed E-state index contributed by atoms with van der Waals surface area (Å²) in [5, 5.41) is 0. The van der Waals surface area contributed by atoms with E-state index >= 15 is 0 Å². The van der Waals surface area contributed by atoms with Crippen LogP contribution in [0.1, 0.15) is 25.3 Å². The lowest BCUT2D eigenvalue weighted by atomic mass is 10.0. The molecule has 1 aromatic carbocycles. The first-order valence-electron chi connectivity index (χ1n) is 7.68. The lowest BCUT2D eigenvalue weighted by molar-refractivity contribution is 0.0470. The summed E-state index contributed by atoms with van der Waals surface area (Å²) in [5.41, 5.74) is 1.33. The summed E-state index contributed by atoms with van der Waals surface area (Å²) < 4.78 is 10.9. The fourth-order valence-corrected chi connectivity index (χ4v) is 3.88. The number of rotatable bonds is 2. The van der Waals surface area contributed by atoms with E-state index in [0.29, 0.717) is 12.8 Å². The number of fused-ring (bicyclic) bond motifs is 2. The van der Waals surface area contributed by atoms with Crippen LogP contribution in [0.2, 0.25) is 0 Å². The first kappa shape index (κ1) is 12.5. The molecule has 4 nitrogen and oxygen atoms in total. The molecular weight excluding hydrogens is 252 g/mol. The van der Waals surface area contributed by atoms with E-state index in [2.05, 4.69) is 28.9 Å². The molecule has 1 aromatic rings. The topological polar surface area (TPSA) is 24.9 Å². The number of nitrogens with zero attached hydrogens (tertiary/aromatic N) is 2. The van der Waals surface area contributed by atoms with Gasteiger partial charge < -0.3 is 9.47 Å². The second-order valence-corrected chi connectivity index (χ2v) is 6.14. The van der Waals surface area contributed by atoms with Gasteiger partial charge >= 0.3 is 0 Å². The molecule has 4 heteroatoms. The van der Waals surface area contributed by atoms with Gasteiger partial charge in [-0.15, -0.1) is 0 Å². The van der Waals surface area contributed by atoms with Crippen LogP contribution in [-0.2, 0) is 6.54 Å². The number of hydrogen-bond acceptors (Lipinski definition) is 4. The number of hydrogen-bond donors (Lipinski definition) is 0. The Morgan fingerprint density at radius 1 is 1.15 bits per heavy atom. The van der Waals surface area contributed by atoms with Crippen LogP contribution in [0.5, 0.6) is 11.5 Å².